The summed E-state index contributed by atoms with van der Waals surface area (Å²) in [6.45, 7) is 2.44. The van der Waals surface area contributed by atoms with Crippen molar-refractivity contribution in [2.24, 2.45) is 0 Å². The molecule has 134 valence electrons. The molecule has 6 nitrogen and oxygen atoms in total. The molecule has 0 bridgehead atoms. The van der Waals surface area contributed by atoms with Crippen molar-refractivity contribution >= 4 is 16.8 Å². The molecule has 0 fully saturated rings. The van der Waals surface area contributed by atoms with Crippen LogP contribution in [0.4, 0.5) is 0 Å². The number of para-hydroxylation sites is 1. The minimum Gasteiger partial charge on any atom is -0.354 e. The van der Waals surface area contributed by atoms with Gasteiger partial charge in [-0.15, -0.1) is 0 Å². The molecule has 26 heavy (non-hydrogen) atoms. The number of nitrogens with zero attached hydrogens (tertiary/aromatic N) is 1. The van der Waals surface area contributed by atoms with Gasteiger partial charge in [-0.25, -0.2) is 9.36 Å². The molecule has 0 unspecified atom stereocenters. The summed E-state index contributed by atoms with van der Waals surface area (Å²) in [6.07, 6.45) is 1.03. The Hall–Kier alpha value is -3.15. The average Bonchev–Trinajstić information content (AvgIpc) is 2.66. The summed E-state index contributed by atoms with van der Waals surface area (Å²) >= 11 is 0. The molecular weight excluding hydrogens is 330 g/mol. The summed E-state index contributed by atoms with van der Waals surface area (Å²) in [5.41, 5.74) is 0.299. The van der Waals surface area contributed by atoms with Gasteiger partial charge < -0.3 is 10.3 Å². The number of nitrogens with one attached hydrogen (secondary N) is 2. The Kier molecular flexibility index (Phi) is 5.31. The van der Waals surface area contributed by atoms with Crippen LogP contribution in [0, 0.1) is 0 Å². The molecule has 0 aliphatic rings. The fourth-order valence-electron chi connectivity index (χ4n) is 2.96. The standard InChI is InChI=1S/C20H21N3O3/c1-2-12-21-18(24)17(13-14-8-4-3-5-9-14)23-19(25)15-10-6-7-11-16(15)22-20(23)26/h3-11,17H,2,12-13H2,1H3,(H,21,24)(H,22,26)/t17-/m0/s1. The van der Waals surface area contributed by atoms with Crippen LogP contribution >= 0.6 is 0 Å². The third-order valence-electron chi connectivity index (χ3n) is 4.27. The van der Waals surface area contributed by atoms with Crippen molar-refractivity contribution in [2.45, 2.75) is 25.8 Å². The molecule has 3 aromatic rings. The van der Waals surface area contributed by atoms with Crippen LogP contribution in [0.15, 0.2) is 64.2 Å². The van der Waals surface area contributed by atoms with E-state index in [1.165, 1.54) is 0 Å². The van der Waals surface area contributed by atoms with E-state index in [2.05, 4.69) is 10.3 Å². The van der Waals surface area contributed by atoms with E-state index in [4.69, 9.17) is 0 Å². The third-order valence-corrected chi connectivity index (χ3v) is 4.27. The maximum Gasteiger partial charge on any atom is 0.329 e. The van der Waals surface area contributed by atoms with Crippen LogP contribution in [0.3, 0.4) is 0 Å². The van der Waals surface area contributed by atoms with Gasteiger partial charge >= 0.3 is 5.69 Å². The topological polar surface area (TPSA) is 84.0 Å². The number of hydrogen-bond donors (Lipinski definition) is 2. The number of aromatic amines is 1. The smallest absolute Gasteiger partial charge is 0.329 e. The number of amides is 1. The summed E-state index contributed by atoms with van der Waals surface area (Å²) in [5.74, 6) is -0.335. The van der Waals surface area contributed by atoms with Crippen LogP contribution in [-0.2, 0) is 11.2 Å². The van der Waals surface area contributed by atoms with E-state index < -0.39 is 17.3 Å². The molecule has 0 saturated carbocycles. The number of hydrogen-bond acceptors (Lipinski definition) is 3. The Balaban J connectivity index is 2.12. The lowest BCUT2D eigenvalue weighted by Crippen LogP contribution is -2.45. The molecule has 0 spiro atoms. The Morgan fingerprint density at radius 3 is 2.50 bits per heavy atom. The van der Waals surface area contributed by atoms with Gasteiger partial charge in [-0.3, -0.25) is 9.59 Å². The number of aromatic nitrogens is 2. The van der Waals surface area contributed by atoms with Gasteiger partial charge in [0, 0.05) is 13.0 Å². The SMILES string of the molecule is CCCNC(=O)[C@H](Cc1ccccc1)n1c(=O)[nH]c2ccccc2c1=O. The maximum atomic E-state index is 12.9. The molecule has 6 heteroatoms. The molecule has 1 heterocycles. The van der Waals surface area contributed by atoms with Gasteiger partial charge in [-0.1, -0.05) is 49.4 Å². The van der Waals surface area contributed by atoms with Crippen LogP contribution in [0.1, 0.15) is 24.9 Å². The number of benzene rings is 2. The summed E-state index contributed by atoms with van der Waals surface area (Å²) in [5, 5.41) is 3.19. The van der Waals surface area contributed by atoms with Crippen molar-refractivity contribution in [3.05, 3.63) is 81.0 Å². The monoisotopic (exact) mass is 351 g/mol. The highest BCUT2D eigenvalue weighted by Gasteiger charge is 2.25. The van der Waals surface area contributed by atoms with E-state index >= 15 is 0 Å². The summed E-state index contributed by atoms with van der Waals surface area (Å²) < 4.78 is 1.03. The highest BCUT2D eigenvalue weighted by atomic mass is 16.2. The van der Waals surface area contributed by atoms with Crippen LogP contribution in [0.25, 0.3) is 10.9 Å². The Morgan fingerprint density at radius 1 is 1.08 bits per heavy atom. The molecule has 0 aliphatic carbocycles. The normalized spacial score (nSPS) is 12.0. The van der Waals surface area contributed by atoms with E-state index in [-0.39, 0.29) is 12.3 Å². The summed E-state index contributed by atoms with van der Waals surface area (Å²) in [7, 11) is 0. The first kappa shape index (κ1) is 17.7. The zero-order valence-corrected chi connectivity index (χ0v) is 14.6. The second-order valence-electron chi connectivity index (χ2n) is 6.15. The van der Waals surface area contributed by atoms with Crippen LogP contribution in [-0.4, -0.2) is 22.0 Å². The zero-order valence-electron chi connectivity index (χ0n) is 14.6. The molecule has 0 radical (unpaired) electrons. The lowest BCUT2D eigenvalue weighted by molar-refractivity contribution is -0.124. The first-order valence-corrected chi connectivity index (χ1v) is 8.67. The second kappa shape index (κ2) is 7.82. The van der Waals surface area contributed by atoms with Crippen LogP contribution in [0.2, 0.25) is 0 Å². The molecule has 1 atom stereocenters. The predicted octanol–water partition coefficient (Wildman–Crippen LogP) is 2.00. The number of H-pyrrole nitrogens is 1. The molecular formula is C20H21N3O3. The molecule has 3 rings (SSSR count). The van der Waals surface area contributed by atoms with Crippen molar-refractivity contribution in [3.8, 4) is 0 Å². The average molecular weight is 351 g/mol. The lowest BCUT2D eigenvalue weighted by atomic mass is 10.0. The first-order chi connectivity index (χ1) is 12.6. The number of fused-ring (bicyclic) bond motifs is 1. The molecule has 1 amide bonds. The largest absolute Gasteiger partial charge is 0.354 e. The zero-order chi connectivity index (χ0) is 18.5. The summed E-state index contributed by atoms with van der Waals surface area (Å²) in [4.78, 5) is 40.9. The van der Waals surface area contributed by atoms with E-state index in [0.29, 0.717) is 17.4 Å². The van der Waals surface area contributed by atoms with E-state index in [9.17, 15) is 14.4 Å². The minimum absolute atomic E-state index is 0.262. The van der Waals surface area contributed by atoms with Gasteiger partial charge in [0.25, 0.3) is 5.56 Å². The van der Waals surface area contributed by atoms with Gasteiger partial charge in [-0.05, 0) is 24.1 Å². The number of rotatable bonds is 6. The second-order valence-corrected chi connectivity index (χ2v) is 6.15. The molecule has 0 aliphatic heterocycles. The fourth-order valence-corrected chi connectivity index (χ4v) is 2.96. The molecule has 1 aromatic heterocycles. The third kappa shape index (κ3) is 3.59. The minimum atomic E-state index is -0.912. The highest BCUT2D eigenvalue weighted by molar-refractivity contribution is 5.82. The lowest BCUT2D eigenvalue weighted by Gasteiger charge is -2.19. The quantitative estimate of drug-likeness (QED) is 0.712. The summed E-state index contributed by atoms with van der Waals surface area (Å²) in [6, 6.07) is 15.2. The number of carbonyl (C=O) groups excluding carboxylic acids is 1. The van der Waals surface area contributed by atoms with Gasteiger partial charge in [0.05, 0.1) is 10.9 Å². The Bertz CT molecular complexity index is 1020. The van der Waals surface area contributed by atoms with Crippen molar-refractivity contribution in [1.29, 1.82) is 0 Å². The van der Waals surface area contributed by atoms with Crippen molar-refractivity contribution in [2.75, 3.05) is 6.54 Å². The maximum absolute atomic E-state index is 12.9. The molecule has 2 aromatic carbocycles. The van der Waals surface area contributed by atoms with Gasteiger partial charge in [0.2, 0.25) is 5.91 Å². The number of carbonyl (C=O) groups is 1. The Morgan fingerprint density at radius 2 is 1.77 bits per heavy atom. The van der Waals surface area contributed by atoms with Crippen molar-refractivity contribution < 1.29 is 4.79 Å². The predicted molar refractivity (Wildman–Crippen MR) is 101 cm³/mol. The van der Waals surface area contributed by atoms with Crippen LogP contribution < -0.4 is 16.6 Å². The van der Waals surface area contributed by atoms with E-state index in [0.717, 1.165) is 16.6 Å². The first-order valence-electron chi connectivity index (χ1n) is 8.67. The van der Waals surface area contributed by atoms with E-state index in [1.807, 2.05) is 37.3 Å². The van der Waals surface area contributed by atoms with Crippen molar-refractivity contribution in [1.82, 2.24) is 14.9 Å². The van der Waals surface area contributed by atoms with E-state index in [1.54, 1.807) is 24.3 Å². The highest BCUT2D eigenvalue weighted by Crippen LogP contribution is 2.13. The molecule has 2 N–H and O–H groups in total. The Labute approximate surface area is 150 Å². The fraction of sp³-hybridized carbons (Fsp3) is 0.250. The molecule has 0 saturated heterocycles. The van der Waals surface area contributed by atoms with Gasteiger partial charge in [0.1, 0.15) is 6.04 Å². The van der Waals surface area contributed by atoms with Gasteiger partial charge in [-0.2, -0.15) is 0 Å². The van der Waals surface area contributed by atoms with Crippen LogP contribution in [0.5, 0.6) is 0 Å². The van der Waals surface area contributed by atoms with Crippen molar-refractivity contribution in [3.63, 3.8) is 0 Å². The van der Waals surface area contributed by atoms with Gasteiger partial charge in [0.15, 0.2) is 0 Å².